The van der Waals surface area contributed by atoms with Crippen molar-refractivity contribution in [1.82, 2.24) is 9.80 Å². The summed E-state index contributed by atoms with van der Waals surface area (Å²) in [5.41, 5.74) is -0.894. The second-order valence-electron chi connectivity index (χ2n) is 8.10. The van der Waals surface area contributed by atoms with Crippen LogP contribution < -0.4 is 4.74 Å². The van der Waals surface area contributed by atoms with E-state index in [9.17, 15) is 19.2 Å². The van der Waals surface area contributed by atoms with Gasteiger partial charge in [-0.1, -0.05) is 18.2 Å². The van der Waals surface area contributed by atoms with Crippen molar-refractivity contribution in [2.45, 2.75) is 43.6 Å². The van der Waals surface area contributed by atoms with Gasteiger partial charge < -0.3 is 19.1 Å². The Hall–Kier alpha value is -2.94. The average Bonchev–Trinajstić information content (AvgIpc) is 3.38. The lowest BCUT2D eigenvalue weighted by atomic mass is 9.75. The van der Waals surface area contributed by atoms with Crippen LogP contribution in [0.3, 0.4) is 0 Å². The van der Waals surface area contributed by atoms with Crippen LogP contribution in [-0.4, -0.2) is 80.6 Å². The first-order chi connectivity index (χ1) is 15.4. The number of ether oxygens (including phenoxy) is 3. The summed E-state index contributed by atoms with van der Waals surface area (Å²) in [5.74, 6) is -1.16. The Labute approximate surface area is 187 Å². The molecule has 9 heteroatoms. The molecule has 0 aromatic heterocycles. The molecular formula is C23H30N2O7. The number of benzene rings is 1. The lowest BCUT2D eigenvalue weighted by Gasteiger charge is -2.31. The molecule has 0 bridgehead atoms. The van der Waals surface area contributed by atoms with Crippen LogP contribution >= 0.6 is 0 Å². The monoisotopic (exact) mass is 446 g/mol. The molecule has 0 saturated carbocycles. The number of carbonyl (C=O) groups excluding carboxylic acids is 4. The fraction of sp³-hybridized carbons (Fsp3) is 0.565. The Balaban J connectivity index is 1.97. The molecule has 9 nitrogen and oxygen atoms in total. The summed E-state index contributed by atoms with van der Waals surface area (Å²) in [6.45, 7) is 1.03. The number of amides is 3. The maximum atomic E-state index is 13.7. The van der Waals surface area contributed by atoms with E-state index in [1.54, 1.807) is 31.4 Å². The Bertz CT molecular complexity index is 887. The number of hydrogen-bond donors (Lipinski definition) is 0. The summed E-state index contributed by atoms with van der Waals surface area (Å²) < 4.78 is 15.4. The molecule has 2 fully saturated rings. The minimum absolute atomic E-state index is 0.137. The quantitative estimate of drug-likeness (QED) is 0.320. The zero-order valence-corrected chi connectivity index (χ0v) is 18.8. The molecular weight excluding hydrogens is 416 g/mol. The van der Waals surface area contributed by atoms with E-state index in [1.165, 1.54) is 24.0 Å². The zero-order valence-electron chi connectivity index (χ0n) is 18.8. The predicted octanol–water partition coefficient (Wildman–Crippen LogP) is 1.28. The van der Waals surface area contributed by atoms with Gasteiger partial charge in [-0.15, -0.1) is 0 Å². The van der Waals surface area contributed by atoms with Gasteiger partial charge in [-0.3, -0.25) is 19.3 Å². The first-order valence-electron chi connectivity index (χ1n) is 10.7. The average molecular weight is 447 g/mol. The van der Waals surface area contributed by atoms with Crippen LogP contribution in [0.2, 0.25) is 0 Å². The molecule has 1 aromatic carbocycles. The maximum absolute atomic E-state index is 13.7. The second-order valence-corrected chi connectivity index (χ2v) is 8.10. The molecule has 0 spiro atoms. The topological polar surface area (TPSA) is 102 Å². The van der Waals surface area contributed by atoms with Crippen LogP contribution in [0.5, 0.6) is 5.75 Å². The fourth-order valence-electron chi connectivity index (χ4n) is 4.68. The van der Waals surface area contributed by atoms with Crippen molar-refractivity contribution in [3.8, 4) is 5.75 Å². The minimum atomic E-state index is -1.39. The van der Waals surface area contributed by atoms with Crippen molar-refractivity contribution in [2.75, 3.05) is 41.0 Å². The summed E-state index contributed by atoms with van der Waals surface area (Å²) in [4.78, 5) is 54.8. The van der Waals surface area contributed by atoms with Crippen molar-refractivity contribution in [3.05, 3.63) is 29.8 Å². The highest BCUT2D eigenvalue weighted by molar-refractivity contribution is 6.11. The van der Waals surface area contributed by atoms with Crippen molar-refractivity contribution < 1.29 is 33.4 Å². The normalized spacial score (nSPS) is 23.0. The van der Waals surface area contributed by atoms with Crippen LogP contribution in [0.25, 0.3) is 0 Å². The number of imide groups is 1. The van der Waals surface area contributed by atoms with Gasteiger partial charge in [-0.2, -0.15) is 0 Å². The van der Waals surface area contributed by atoms with Gasteiger partial charge in [-0.05, 0) is 25.3 Å². The van der Waals surface area contributed by atoms with Gasteiger partial charge >= 0.3 is 5.97 Å². The molecule has 2 aliphatic rings. The zero-order chi connectivity index (χ0) is 23.3. The number of hydrogen-bond acceptors (Lipinski definition) is 7. The van der Waals surface area contributed by atoms with Gasteiger partial charge in [0, 0.05) is 45.2 Å². The Morgan fingerprint density at radius 3 is 2.59 bits per heavy atom. The van der Waals surface area contributed by atoms with E-state index in [1.807, 2.05) is 0 Å². The van der Waals surface area contributed by atoms with Crippen LogP contribution in [-0.2, 0) is 34.1 Å². The molecule has 2 saturated heterocycles. The van der Waals surface area contributed by atoms with Crippen molar-refractivity contribution in [3.63, 3.8) is 0 Å². The summed E-state index contributed by atoms with van der Waals surface area (Å²) >= 11 is 0. The number of esters is 1. The summed E-state index contributed by atoms with van der Waals surface area (Å²) in [5, 5.41) is 0. The standard InChI is InChI=1S/C23H30N2O7/c1-30-13-7-12-25-20(27)15-23(22(25)29,16-8-4-5-10-18(16)31-2)14-19(26)24-11-6-9-17(24)21(28)32-3/h4-5,8,10,17H,6-7,9,11-15H2,1-3H3/t17-,23+/m0/s1. The number of likely N-dealkylation sites (tertiary alicyclic amines) is 2. The first-order valence-corrected chi connectivity index (χ1v) is 10.7. The van der Waals surface area contributed by atoms with E-state index < -0.39 is 23.3 Å². The van der Waals surface area contributed by atoms with E-state index >= 15 is 0 Å². The van der Waals surface area contributed by atoms with Gasteiger partial charge in [-0.25, -0.2) is 4.79 Å². The van der Waals surface area contributed by atoms with Crippen LogP contribution in [0, 0.1) is 0 Å². The maximum Gasteiger partial charge on any atom is 0.328 e. The molecule has 3 amide bonds. The van der Waals surface area contributed by atoms with Gasteiger partial charge in [0.2, 0.25) is 17.7 Å². The molecule has 32 heavy (non-hydrogen) atoms. The summed E-state index contributed by atoms with van der Waals surface area (Å²) in [6, 6.07) is 6.27. The summed E-state index contributed by atoms with van der Waals surface area (Å²) in [7, 11) is 4.33. The summed E-state index contributed by atoms with van der Waals surface area (Å²) in [6.07, 6.45) is 1.31. The van der Waals surface area contributed by atoms with E-state index in [4.69, 9.17) is 14.2 Å². The largest absolute Gasteiger partial charge is 0.496 e. The Kier molecular flexibility index (Phi) is 7.50. The minimum Gasteiger partial charge on any atom is -0.496 e. The Morgan fingerprint density at radius 1 is 1.16 bits per heavy atom. The van der Waals surface area contributed by atoms with Gasteiger partial charge in [0.05, 0.1) is 19.6 Å². The van der Waals surface area contributed by atoms with Crippen LogP contribution in [0.15, 0.2) is 24.3 Å². The lowest BCUT2D eigenvalue weighted by Crippen LogP contribution is -2.47. The first kappa shape index (κ1) is 23.7. The van der Waals surface area contributed by atoms with E-state index in [0.29, 0.717) is 43.7 Å². The fourth-order valence-corrected chi connectivity index (χ4v) is 4.68. The highest BCUT2D eigenvalue weighted by Crippen LogP contribution is 2.44. The smallest absolute Gasteiger partial charge is 0.328 e. The van der Waals surface area contributed by atoms with Crippen molar-refractivity contribution in [1.29, 1.82) is 0 Å². The predicted molar refractivity (Wildman–Crippen MR) is 114 cm³/mol. The number of nitrogens with zero attached hydrogens (tertiary/aromatic N) is 2. The van der Waals surface area contributed by atoms with Gasteiger partial charge in [0.15, 0.2) is 0 Å². The molecule has 2 aliphatic heterocycles. The molecule has 3 rings (SSSR count). The van der Waals surface area contributed by atoms with Crippen molar-refractivity contribution in [2.24, 2.45) is 0 Å². The highest BCUT2D eigenvalue weighted by atomic mass is 16.5. The molecule has 174 valence electrons. The number of rotatable bonds is 9. The van der Waals surface area contributed by atoms with Crippen molar-refractivity contribution >= 4 is 23.7 Å². The van der Waals surface area contributed by atoms with Crippen LogP contribution in [0.1, 0.15) is 37.7 Å². The van der Waals surface area contributed by atoms with E-state index in [0.717, 1.165) is 0 Å². The number of para-hydroxylation sites is 1. The third-order valence-corrected chi connectivity index (χ3v) is 6.26. The lowest BCUT2D eigenvalue weighted by molar-refractivity contribution is -0.151. The van der Waals surface area contributed by atoms with Gasteiger partial charge in [0.1, 0.15) is 11.8 Å². The van der Waals surface area contributed by atoms with Crippen LogP contribution in [0.4, 0.5) is 0 Å². The third-order valence-electron chi connectivity index (χ3n) is 6.26. The van der Waals surface area contributed by atoms with E-state index in [-0.39, 0.29) is 31.2 Å². The second kappa shape index (κ2) is 10.1. The third kappa shape index (κ3) is 4.34. The molecule has 0 N–H and O–H groups in total. The van der Waals surface area contributed by atoms with Gasteiger partial charge in [0.25, 0.3) is 0 Å². The van der Waals surface area contributed by atoms with E-state index in [2.05, 4.69) is 0 Å². The molecule has 1 aromatic rings. The number of methoxy groups -OCH3 is 3. The molecule has 0 aliphatic carbocycles. The number of carbonyl (C=O) groups is 4. The SMILES string of the molecule is COCCCN1C(=O)C[C@](CC(=O)N2CCC[C@H]2C(=O)OC)(c2ccccc2OC)C1=O. The Morgan fingerprint density at radius 2 is 1.91 bits per heavy atom. The molecule has 0 radical (unpaired) electrons. The molecule has 2 atom stereocenters. The molecule has 2 heterocycles. The molecule has 0 unspecified atom stereocenters. The highest BCUT2D eigenvalue weighted by Gasteiger charge is 2.55.